The van der Waals surface area contributed by atoms with Crippen molar-refractivity contribution in [2.75, 3.05) is 20.2 Å². The Kier molecular flexibility index (Phi) is 4.49. The van der Waals surface area contributed by atoms with Crippen molar-refractivity contribution in [2.24, 2.45) is 0 Å². The quantitative estimate of drug-likeness (QED) is 0.684. The monoisotopic (exact) mass is 384 g/mol. The number of hydrogen-bond acceptors (Lipinski definition) is 4. The van der Waals surface area contributed by atoms with Crippen LogP contribution in [0, 0.1) is 0 Å². The number of nitrogens with zero attached hydrogens (tertiary/aromatic N) is 1. The van der Waals surface area contributed by atoms with Gasteiger partial charge in [-0.2, -0.15) is 4.31 Å². The highest BCUT2D eigenvalue weighted by molar-refractivity contribution is 7.89. The predicted molar refractivity (Wildman–Crippen MR) is 104 cm³/mol. The van der Waals surface area contributed by atoms with Crippen LogP contribution in [0.25, 0.3) is 22.2 Å². The van der Waals surface area contributed by atoms with Gasteiger partial charge in [0.25, 0.3) is 0 Å². The number of carbonyl (C=O) groups is 1. The highest BCUT2D eigenvalue weighted by atomic mass is 32.2. The van der Waals surface area contributed by atoms with Crippen LogP contribution in [0.5, 0.6) is 5.75 Å². The van der Waals surface area contributed by atoms with Gasteiger partial charge in [-0.1, -0.05) is 0 Å². The van der Waals surface area contributed by atoms with E-state index in [4.69, 9.17) is 4.74 Å². The van der Waals surface area contributed by atoms with Crippen LogP contribution in [-0.4, -0.2) is 44.2 Å². The number of H-pyrrole nitrogens is 1. The number of nitrogens with one attached hydrogen (secondary N) is 1. The molecule has 140 valence electrons. The molecular weight excluding hydrogens is 364 g/mol. The van der Waals surface area contributed by atoms with Gasteiger partial charge < -0.3 is 9.72 Å². The van der Waals surface area contributed by atoms with Crippen molar-refractivity contribution in [1.29, 1.82) is 0 Å². The molecule has 1 aromatic heterocycles. The summed E-state index contributed by atoms with van der Waals surface area (Å²) in [6, 6.07) is 12.3. The molecule has 0 bridgehead atoms. The molecule has 0 spiro atoms. The molecule has 1 aliphatic rings. The fourth-order valence-electron chi connectivity index (χ4n) is 3.54. The largest absolute Gasteiger partial charge is 0.497 e. The standard InChI is InChI=1S/C20H20N2O4S/c1-26-15-6-4-14(5-7-15)20-18(13-23)17-12-16(8-9-19(17)21-20)27(24,25)22-10-2-3-11-22/h4-9,12-13,21H,2-3,10-11H2,1H3. The van der Waals surface area contributed by atoms with Crippen molar-refractivity contribution >= 4 is 27.2 Å². The lowest BCUT2D eigenvalue weighted by Gasteiger charge is -2.15. The molecule has 6 nitrogen and oxygen atoms in total. The van der Waals surface area contributed by atoms with E-state index in [1.165, 1.54) is 4.31 Å². The number of hydrogen-bond donors (Lipinski definition) is 1. The second-order valence-electron chi connectivity index (χ2n) is 6.58. The van der Waals surface area contributed by atoms with Gasteiger partial charge in [0.2, 0.25) is 10.0 Å². The zero-order valence-electron chi connectivity index (χ0n) is 14.9. The summed E-state index contributed by atoms with van der Waals surface area (Å²) in [6.45, 7) is 1.09. The van der Waals surface area contributed by atoms with Gasteiger partial charge >= 0.3 is 0 Å². The van der Waals surface area contributed by atoms with Crippen molar-refractivity contribution in [2.45, 2.75) is 17.7 Å². The van der Waals surface area contributed by atoms with Crippen LogP contribution < -0.4 is 4.74 Å². The molecule has 0 saturated carbocycles. The normalized spacial score (nSPS) is 15.3. The minimum atomic E-state index is -3.53. The van der Waals surface area contributed by atoms with Gasteiger partial charge in [0.05, 0.1) is 17.7 Å². The van der Waals surface area contributed by atoms with Crippen LogP contribution in [0.4, 0.5) is 0 Å². The third-order valence-corrected chi connectivity index (χ3v) is 6.90. The second kappa shape index (κ2) is 6.83. The van der Waals surface area contributed by atoms with E-state index in [2.05, 4.69) is 4.98 Å². The Labute approximate surface area is 157 Å². The van der Waals surface area contributed by atoms with Crippen molar-refractivity contribution in [1.82, 2.24) is 9.29 Å². The molecule has 1 aliphatic heterocycles. The van der Waals surface area contributed by atoms with E-state index < -0.39 is 10.0 Å². The fourth-order valence-corrected chi connectivity index (χ4v) is 5.08. The first-order valence-electron chi connectivity index (χ1n) is 8.80. The minimum Gasteiger partial charge on any atom is -0.497 e. The molecule has 3 aromatic rings. The number of aromatic nitrogens is 1. The Morgan fingerprint density at radius 1 is 1.07 bits per heavy atom. The molecule has 0 amide bonds. The van der Waals surface area contributed by atoms with Gasteiger partial charge in [0.1, 0.15) is 5.75 Å². The Morgan fingerprint density at radius 3 is 2.41 bits per heavy atom. The molecule has 0 atom stereocenters. The van der Waals surface area contributed by atoms with E-state index in [1.807, 2.05) is 24.3 Å². The highest BCUT2D eigenvalue weighted by Crippen LogP contribution is 2.32. The SMILES string of the molecule is COc1ccc(-c2[nH]c3ccc(S(=O)(=O)N4CCCC4)cc3c2C=O)cc1. The number of carbonyl (C=O) groups excluding carboxylic acids is 1. The second-order valence-corrected chi connectivity index (χ2v) is 8.52. The number of benzene rings is 2. The maximum absolute atomic E-state index is 12.8. The van der Waals surface area contributed by atoms with Crippen LogP contribution in [0.3, 0.4) is 0 Å². The van der Waals surface area contributed by atoms with Crippen molar-refractivity contribution in [3.8, 4) is 17.0 Å². The van der Waals surface area contributed by atoms with Crippen LogP contribution in [0.2, 0.25) is 0 Å². The molecule has 27 heavy (non-hydrogen) atoms. The molecular formula is C20H20N2O4S. The molecule has 1 fully saturated rings. The van der Waals surface area contributed by atoms with Crippen LogP contribution in [-0.2, 0) is 10.0 Å². The first-order valence-corrected chi connectivity index (χ1v) is 10.2. The number of sulfonamides is 1. The Balaban J connectivity index is 1.83. The van der Waals surface area contributed by atoms with Crippen LogP contribution in [0.15, 0.2) is 47.4 Å². The maximum Gasteiger partial charge on any atom is 0.243 e. The van der Waals surface area contributed by atoms with E-state index in [1.54, 1.807) is 25.3 Å². The maximum atomic E-state index is 12.8. The van der Waals surface area contributed by atoms with Crippen LogP contribution in [0.1, 0.15) is 23.2 Å². The summed E-state index contributed by atoms with van der Waals surface area (Å²) in [7, 11) is -1.94. The molecule has 4 rings (SSSR count). The van der Waals surface area contributed by atoms with E-state index in [-0.39, 0.29) is 4.90 Å². The highest BCUT2D eigenvalue weighted by Gasteiger charge is 2.28. The zero-order valence-corrected chi connectivity index (χ0v) is 15.8. The molecule has 1 N–H and O–H groups in total. The van der Waals surface area contributed by atoms with Gasteiger partial charge in [-0.15, -0.1) is 0 Å². The summed E-state index contributed by atoms with van der Waals surface area (Å²) >= 11 is 0. The van der Waals surface area contributed by atoms with E-state index in [0.717, 1.165) is 36.0 Å². The molecule has 0 radical (unpaired) electrons. The molecule has 0 aliphatic carbocycles. The smallest absolute Gasteiger partial charge is 0.243 e. The van der Waals surface area contributed by atoms with Gasteiger partial charge in [-0.3, -0.25) is 4.79 Å². The molecule has 2 aromatic carbocycles. The number of aromatic amines is 1. The summed E-state index contributed by atoms with van der Waals surface area (Å²) in [5.74, 6) is 0.724. The topological polar surface area (TPSA) is 79.5 Å². The van der Waals surface area contributed by atoms with E-state index in [0.29, 0.717) is 29.7 Å². The summed E-state index contributed by atoms with van der Waals surface area (Å²) < 4.78 is 32.4. The van der Waals surface area contributed by atoms with Gasteiger partial charge in [-0.05, 0) is 60.9 Å². The Hall–Kier alpha value is -2.64. The average molecular weight is 384 g/mol. The Morgan fingerprint density at radius 2 is 1.78 bits per heavy atom. The third-order valence-electron chi connectivity index (χ3n) is 5.01. The first kappa shape index (κ1) is 17.8. The lowest BCUT2D eigenvalue weighted by molar-refractivity contribution is 0.112. The number of aldehydes is 1. The Bertz CT molecular complexity index is 1090. The number of methoxy groups -OCH3 is 1. The van der Waals surface area contributed by atoms with Crippen LogP contribution >= 0.6 is 0 Å². The summed E-state index contributed by atoms with van der Waals surface area (Å²) in [5, 5.41) is 0.607. The number of fused-ring (bicyclic) bond motifs is 1. The molecule has 1 saturated heterocycles. The van der Waals surface area contributed by atoms with E-state index in [9.17, 15) is 13.2 Å². The van der Waals surface area contributed by atoms with E-state index >= 15 is 0 Å². The van der Waals surface area contributed by atoms with Crippen molar-refractivity contribution < 1.29 is 17.9 Å². The first-order chi connectivity index (χ1) is 13.0. The zero-order chi connectivity index (χ0) is 19.0. The lowest BCUT2D eigenvalue weighted by Crippen LogP contribution is -2.27. The fraction of sp³-hybridized carbons (Fsp3) is 0.250. The van der Waals surface area contributed by atoms with Crippen molar-refractivity contribution in [3.63, 3.8) is 0 Å². The number of ether oxygens (including phenoxy) is 1. The summed E-state index contributed by atoms with van der Waals surface area (Å²) in [5.41, 5.74) is 2.67. The predicted octanol–water partition coefficient (Wildman–Crippen LogP) is 3.44. The van der Waals surface area contributed by atoms with Gasteiger partial charge in [0, 0.05) is 29.6 Å². The van der Waals surface area contributed by atoms with Crippen molar-refractivity contribution in [3.05, 3.63) is 48.0 Å². The minimum absolute atomic E-state index is 0.222. The number of rotatable bonds is 5. The summed E-state index contributed by atoms with van der Waals surface area (Å²) in [4.78, 5) is 15.3. The van der Waals surface area contributed by atoms with Gasteiger partial charge in [0.15, 0.2) is 6.29 Å². The average Bonchev–Trinajstić information content (AvgIpc) is 3.35. The van der Waals surface area contributed by atoms with Gasteiger partial charge in [-0.25, -0.2) is 8.42 Å². The molecule has 2 heterocycles. The molecule has 7 heteroatoms. The third kappa shape index (κ3) is 3.02. The summed E-state index contributed by atoms with van der Waals surface area (Å²) in [6.07, 6.45) is 2.53. The molecule has 0 unspecified atom stereocenters. The lowest BCUT2D eigenvalue weighted by atomic mass is 10.1.